The first-order valence-electron chi connectivity index (χ1n) is 2.13. The standard InChI is InChI=1S/C3H6ClO4P/c4-2-1-3(5)9(6,7)8/h1-2H2,(H2,6,7,8). The third kappa shape index (κ3) is 3.65. The number of carbonyl (C=O) groups excluding carboxylic acids is 1. The maximum Gasteiger partial charge on any atom is 0.391 e. The van der Waals surface area contributed by atoms with Crippen LogP contribution in [0.5, 0.6) is 0 Å². The third-order valence-corrected chi connectivity index (χ3v) is 1.70. The Hall–Kier alpha value is 0.110. The van der Waals surface area contributed by atoms with Gasteiger partial charge in [0.2, 0.25) is 5.52 Å². The molecule has 0 amide bonds. The molecule has 0 spiro atoms. The minimum atomic E-state index is -4.50. The van der Waals surface area contributed by atoms with Crippen LogP contribution in [0.1, 0.15) is 6.42 Å². The van der Waals surface area contributed by atoms with E-state index in [0.717, 1.165) is 0 Å². The Morgan fingerprint density at radius 3 is 2.11 bits per heavy atom. The molecule has 9 heavy (non-hydrogen) atoms. The molecule has 0 rings (SSSR count). The van der Waals surface area contributed by atoms with Crippen molar-refractivity contribution in [2.24, 2.45) is 0 Å². The molecule has 6 heteroatoms. The average Bonchev–Trinajstić information content (AvgIpc) is 1.64. The van der Waals surface area contributed by atoms with Crippen LogP contribution in [0.4, 0.5) is 0 Å². The molecular formula is C3H6ClO4P. The fourth-order valence-corrected chi connectivity index (χ4v) is 0.933. The van der Waals surface area contributed by atoms with Crippen molar-refractivity contribution in [1.29, 1.82) is 0 Å². The molecule has 0 radical (unpaired) electrons. The maximum atomic E-state index is 10.2. The smallest absolute Gasteiger partial charge is 0.319 e. The highest BCUT2D eigenvalue weighted by Gasteiger charge is 2.23. The second-order valence-corrected chi connectivity index (χ2v) is 3.34. The normalized spacial score (nSPS) is 11.4. The van der Waals surface area contributed by atoms with Crippen molar-refractivity contribution in [1.82, 2.24) is 0 Å². The second kappa shape index (κ2) is 3.32. The van der Waals surface area contributed by atoms with Crippen LogP contribution in [0.25, 0.3) is 0 Å². The van der Waals surface area contributed by atoms with Gasteiger partial charge < -0.3 is 9.79 Å². The zero-order valence-corrected chi connectivity index (χ0v) is 6.10. The van der Waals surface area contributed by atoms with Gasteiger partial charge in [-0.15, -0.1) is 11.6 Å². The lowest BCUT2D eigenvalue weighted by Gasteiger charge is -1.97. The summed E-state index contributed by atoms with van der Waals surface area (Å²) in [4.78, 5) is 26.5. The Kier molecular flexibility index (Phi) is 3.36. The zero-order chi connectivity index (χ0) is 7.49. The molecule has 0 aliphatic carbocycles. The van der Waals surface area contributed by atoms with Crippen molar-refractivity contribution < 1.29 is 19.1 Å². The number of rotatable bonds is 3. The molecule has 0 aliphatic rings. The van der Waals surface area contributed by atoms with Gasteiger partial charge in [0.1, 0.15) is 0 Å². The van der Waals surface area contributed by atoms with E-state index in [-0.39, 0.29) is 12.3 Å². The van der Waals surface area contributed by atoms with Gasteiger partial charge in [-0.3, -0.25) is 9.36 Å². The minimum absolute atomic E-state index is 0.0516. The Labute approximate surface area is 57.0 Å². The van der Waals surface area contributed by atoms with Gasteiger partial charge in [0.05, 0.1) is 0 Å². The van der Waals surface area contributed by atoms with E-state index in [9.17, 15) is 9.36 Å². The van der Waals surface area contributed by atoms with Gasteiger partial charge in [0, 0.05) is 12.3 Å². The van der Waals surface area contributed by atoms with Crippen LogP contribution < -0.4 is 0 Å². The number of alkyl halides is 1. The van der Waals surface area contributed by atoms with E-state index in [1.807, 2.05) is 0 Å². The lowest BCUT2D eigenvalue weighted by Crippen LogP contribution is -1.98. The lowest BCUT2D eigenvalue weighted by atomic mass is 10.6. The molecule has 0 fully saturated rings. The number of halogens is 1. The summed E-state index contributed by atoms with van der Waals surface area (Å²) in [6, 6.07) is 0. The average molecular weight is 173 g/mol. The van der Waals surface area contributed by atoms with Crippen LogP contribution in [0.15, 0.2) is 0 Å². The molecule has 0 aromatic heterocycles. The summed E-state index contributed by atoms with van der Waals surface area (Å²) in [5, 5.41) is 0. The minimum Gasteiger partial charge on any atom is -0.319 e. The van der Waals surface area contributed by atoms with Gasteiger partial charge in [-0.05, 0) is 0 Å². The highest BCUT2D eigenvalue weighted by molar-refractivity contribution is 7.70. The summed E-state index contributed by atoms with van der Waals surface area (Å²) in [5.41, 5.74) is -1.10. The summed E-state index contributed by atoms with van der Waals surface area (Å²) in [7, 11) is -4.50. The molecule has 0 saturated carbocycles. The highest BCUT2D eigenvalue weighted by Crippen LogP contribution is 2.36. The molecular weight excluding hydrogens is 166 g/mol. The molecule has 0 aromatic rings. The summed E-state index contributed by atoms with van der Waals surface area (Å²) in [6.45, 7) is 0. The van der Waals surface area contributed by atoms with E-state index in [1.165, 1.54) is 0 Å². The van der Waals surface area contributed by atoms with Crippen molar-refractivity contribution in [3.8, 4) is 0 Å². The van der Waals surface area contributed by atoms with Crippen molar-refractivity contribution >= 4 is 24.7 Å². The first kappa shape index (κ1) is 9.11. The van der Waals surface area contributed by atoms with Crippen molar-refractivity contribution in [2.45, 2.75) is 6.42 Å². The first-order chi connectivity index (χ1) is 3.98. The van der Waals surface area contributed by atoms with Crippen molar-refractivity contribution in [3.63, 3.8) is 0 Å². The first-order valence-corrected chi connectivity index (χ1v) is 4.28. The fourth-order valence-electron chi connectivity index (χ4n) is 0.226. The van der Waals surface area contributed by atoms with Crippen molar-refractivity contribution in [3.05, 3.63) is 0 Å². The van der Waals surface area contributed by atoms with Gasteiger partial charge in [-0.1, -0.05) is 0 Å². The van der Waals surface area contributed by atoms with Gasteiger partial charge in [0.15, 0.2) is 0 Å². The van der Waals surface area contributed by atoms with Crippen LogP contribution in [0.2, 0.25) is 0 Å². The maximum absolute atomic E-state index is 10.2. The monoisotopic (exact) mass is 172 g/mol. The summed E-state index contributed by atoms with van der Waals surface area (Å²) < 4.78 is 10.0. The number of hydrogen-bond acceptors (Lipinski definition) is 2. The third-order valence-electron chi connectivity index (χ3n) is 0.633. The molecule has 2 N–H and O–H groups in total. The predicted molar refractivity (Wildman–Crippen MR) is 32.4 cm³/mol. The Balaban J connectivity index is 3.90. The molecule has 54 valence electrons. The van der Waals surface area contributed by atoms with Gasteiger partial charge in [-0.2, -0.15) is 0 Å². The summed E-state index contributed by atoms with van der Waals surface area (Å²) in [6.07, 6.45) is -0.272. The van der Waals surface area contributed by atoms with Gasteiger partial charge >= 0.3 is 7.60 Å². The zero-order valence-electron chi connectivity index (χ0n) is 4.45. The molecule has 0 heterocycles. The lowest BCUT2D eigenvalue weighted by molar-refractivity contribution is -0.113. The molecule has 0 unspecified atom stereocenters. The van der Waals surface area contributed by atoms with Crippen molar-refractivity contribution in [2.75, 3.05) is 5.88 Å². The molecule has 0 aromatic carbocycles. The molecule has 0 aliphatic heterocycles. The Morgan fingerprint density at radius 2 is 2.00 bits per heavy atom. The number of hydrogen-bond donors (Lipinski definition) is 2. The van der Waals surface area contributed by atoms with E-state index in [1.54, 1.807) is 0 Å². The predicted octanol–water partition coefficient (Wildman–Crippen LogP) is 0.320. The van der Waals surface area contributed by atoms with E-state index in [2.05, 4.69) is 0 Å². The van der Waals surface area contributed by atoms with Crippen LogP contribution in [0.3, 0.4) is 0 Å². The largest absolute Gasteiger partial charge is 0.391 e. The topological polar surface area (TPSA) is 74.6 Å². The quantitative estimate of drug-likeness (QED) is 0.475. The van der Waals surface area contributed by atoms with E-state index in [4.69, 9.17) is 21.4 Å². The van der Waals surface area contributed by atoms with E-state index in [0.29, 0.717) is 0 Å². The fraction of sp³-hybridized carbons (Fsp3) is 0.667. The highest BCUT2D eigenvalue weighted by atomic mass is 35.5. The van der Waals surface area contributed by atoms with E-state index < -0.39 is 13.1 Å². The van der Waals surface area contributed by atoms with E-state index >= 15 is 0 Å². The molecule has 0 saturated heterocycles. The molecule has 0 bridgehead atoms. The molecule has 0 atom stereocenters. The summed E-state index contributed by atoms with van der Waals surface area (Å²) in [5.74, 6) is -0.0516. The van der Waals surface area contributed by atoms with Crippen LogP contribution in [-0.4, -0.2) is 21.2 Å². The summed E-state index contributed by atoms with van der Waals surface area (Å²) >= 11 is 5.04. The van der Waals surface area contributed by atoms with Gasteiger partial charge in [0.25, 0.3) is 0 Å². The van der Waals surface area contributed by atoms with Crippen LogP contribution in [-0.2, 0) is 9.36 Å². The molecule has 4 nitrogen and oxygen atoms in total. The number of carbonyl (C=O) groups is 1. The van der Waals surface area contributed by atoms with Gasteiger partial charge in [-0.25, -0.2) is 0 Å². The van der Waals surface area contributed by atoms with Crippen LogP contribution in [0, 0.1) is 0 Å². The SMILES string of the molecule is O=C(CCCl)P(=O)(O)O. The van der Waals surface area contributed by atoms with Crippen LogP contribution >= 0.6 is 19.2 Å². The Morgan fingerprint density at radius 1 is 1.56 bits per heavy atom. The Bertz CT molecular complexity index is 150. The second-order valence-electron chi connectivity index (χ2n) is 1.38.